The number of hydrogen-bond acceptors (Lipinski definition) is 3. The topological polar surface area (TPSA) is 38.9 Å². The Morgan fingerprint density at radius 3 is 2.00 bits per heavy atom. The minimum absolute atomic E-state index is 0.153. The lowest BCUT2D eigenvalue weighted by atomic mass is 9.95. The number of allylic oxidation sites excluding steroid dienone is 2. The van der Waals surface area contributed by atoms with Crippen molar-refractivity contribution >= 4 is 45.7 Å². The molecule has 196 valence electrons. The Hall–Kier alpha value is -4.54. The van der Waals surface area contributed by atoms with Crippen molar-refractivity contribution in [3.63, 3.8) is 0 Å². The molecule has 0 saturated carbocycles. The van der Waals surface area contributed by atoms with E-state index in [1.165, 1.54) is 15.6 Å². The standard InChI is InChI=1S/C36H32N2OSi/c1-6-25(2)40(28-15-9-7-10-16-28,29-17-11-8-12-18-29)30-19-13-14-26(22-30)27-20-21-32-31(23-27)34-33(39-32)24-37-35(38-34)36(3,4)5/h6-24H,1-2H2,3-5H3. The highest BCUT2D eigenvalue weighted by molar-refractivity contribution is 7.16. The highest BCUT2D eigenvalue weighted by Crippen LogP contribution is 2.32. The van der Waals surface area contributed by atoms with Crippen LogP contribution < -0.4 is 15.6 Å². The summed E-state index contributed by atoms with van der Waals surface area (Å²) >= 11 is 0. The summed E-state index contributed by atoms with van der Waals surface area (Å²) in [6.45, 7) is 15.1. The summed E-state index contributed by atoms with van der Waals surface area (Å²) in [5.74, 6) is 0.805. The fourth-order valence-corrected chi connectivity index (χ4v) is 10.1. The van der Waals surface area contributed by atoms with Gasteiger partial charge in [-0.25, -0.2) is 9.97 Å². The second-order valence-corrected chi connectivity index (χ2v) is 15.1. The number of fused-ring (bicyclic) bond motifs is 3. The summed E-state index contributed by atoms with van der Waals surface area (Å²) in [5, 5.41) is 5.89. The van der Waals surface area contributed by atoms with Gasteiger partial charge in [0.05, 0.1) is 6.20 Å². The van der Waals surface area contributed by atoms with Gasteiger partial charge in [0.15, 0.2) is 13.7 Å². The van der Waals surface area contributed by atoms with Crippen molar-refractivity contribution in [3.8, 4) is 11.1 Å². The summed E-state index contributed by atoms with van der Waals surface area (Å²) in [6.07, 6.45) is 3.73. The molecule has 0 radical (unpaired) electrons. The molecular formula is C36H32N2OSi. The lowest BCUT2D eigenvalue weighted by Crippen LogP contribution is -2.68. The summed E-state index contributed by atoms with van der Waals surface area (Å²) in [6, 6.07) is 36.8. The van der Waals surface area contributed by atoms with Crippen LogP contribution in [0.2, 0.25) is 0 Å². The van der Waals surface area contributed by atoms with Crippen molar-refractivity contribution in [1.29, 1.82) is 0 Å². The number of rotatable bonds is 6. The lowest BCUT2D eigenvalue weighted by Gasteiger charge is -2.34. The highest BCUT2D eigenvalue weighted by atomic mass is 28.3. The first-order valence-electron chi connectivity index (χ1n) is 13.6. The van der Waals surface area contributed by atoms with Crippen LogP contribution in [-0.4, -0.2) is 18.0 Å². The van der Waals surface area contributed by atoms with Crippen LogP contribution in [0.25, 0.3) is 33.2 Å². The van der Waals surface area contributed by atoms with E-state index in [9.17, 15) is 0 Å². The minimum atomic E-state index is -2.66. The molecule has 0 atom stereocenters. The van der Waals surface area contributed by atoms with Gasteiger partial charge in [0.1, 0.15) is 16.9 Å². The molecule has 0 aliphatic carbocycles. The predicted molar refractivity (Wildman–Crippen MR) is 170 cm³/mol. The molecule has 0 bridgehead atoms. The SMILES string of the molecule is C=CC(=C)[Si](c1ccccc1)(c1ccccc1)c1cccc(-c2ccc3oc4cnc(C(C)(C)C)nc4c3c2)c1. The molecule has 0 fully saturated rings. The molecule has 0 saturated heterocycles. The minimum Gasteiger partial charge on any atom is -0.453 e. The number of hydrogen-bond donors (Lipinski definition) is 0. The van der Waals surface area contributed by atoms with Crippen LogP contribution in [0.1, 0.15) is 26.6 Å². The second-order valence-electron chi connectivity index (χ2n) is 11.3. The van der Waals surface area contributed by atoms with Gasteiger partial charge in [-0.15, -0.1) is 0 Å². The molecule has 0 aliphatic rings. The van der Waals surface area contributed by atoms with Crippen molar-refractivity contribution in [2.45, 2.75) is 26.2 Å². The molecule has 6 aromatic rings. The van der Waals surface area contributed by atoms with Gasteiger partial charge in [0, 0.05) is 10.8 Å². The van der Waals surface area contributed by atoms with Crippen molar-refractivity contribution in [2.24, 2.45) is 0 Å². The highest BCUT2D eigenvalue weighted by Gasteiger charge is 2.41. The summed E-state index contributed by atoms with van der Waals surface area (Å²) in [5.41, 5.74) is 4.47. The van der Waals surface area contributed by atoms with Crippen LogP contribution in [0.15, 0.2) is 138 Å². The number of furan rings is 1. The van der Waals surface area contributed by atoms with Crippen molar-refractivity contribution in [2.75, 3.05) is 0 Å². The van der Waals surface area contributed by atoms with Crippen LogP contribution >= 0.6 is 0 Å². The van der Waals surface area contributed by atoms with E-state index in [2.05, 4.69) is 136 Å². The fraction of sp³-hybridized carbons (Fsp3) is 0.111. The summed E-state index contributed by atoms with van der Waals surface area (Å²) in [7, 11) is -2.66. The maximum absolute atomic E-state index is 6.11. The molecule has 0 N–H and O–H groups in total. The molecule has 4 heteroatoms. The molecule has 4 aromatic carbocycles. The van der Waals surface area contributed by atoms with Crippen LogP contribution in [0.3, 0.4) is 0 Å². The first-order valence-corrected chi connectivity index (χ1v) is 15.6. The van der Waals surface area contributed by atoms with Gasteiger partial charge in [-0.1, -0.05) is 136 Å². The lowest BCUT2D eigenvalue weighted by molar-refractivity contribution is 0.546. The molecule has 0 aliphatic heterocycles. The van der Waals surface area contributed by atoms with E-state index in [-0.39, 0.29) is 5.41 Å². The normalized spacial score (nSPS) is 12.1. The van der Waals surface area contributed by atoms with Crippen molar-refractivity contribution < 1.29 is 4.42 Å². The number of aromatic nitrogens is 2. The van der Waals surface area contributed by atoms with Crippen LogP contribution in [0, 0.1) is 0 Å². The molecule has 2 aromatic heterocycles. The van der Waals surface area contributed by atoms with Gasteiger partial charge < -0.3 is 4.42 Å². The third-order valence-corrected chi connectivity index (χ3v) is 12.4. The van der Waals surface area contributed by atoms with Gasteiger partial charge >= 0.3 is 0 Å². The van der Waals surface area contributed by atoms with Crippen molar-refractivity contribution in [3.05, 3.63) is 140 Å². The monoisotopic (exact) mass is 536 g/mol. The van der Waals surface area contributed by atoms with Gasteiger partial charge in [0.25, 0.3) is 0 Å². The van der Waals surface area contributed by atoms with Gasteiger partial charge in [-0.2, -0.15) is 0 Å². The average Bonchev–Trinajstić information content (AvgIpc) is 3.35. The van der Waals surface area contributed by atoms with Crippen LogP contribution in [-0.2, 0) is 5.41 Å². The quantitative estimate of drug-likeness (QED) is 0.130. The van der Waals surface area contributed by atoms with Gasteiger partial charge in [-0.05, 0) is 38.8 Å². The maximum atomic E-state index is 6.11. The summed E-state index contributed by atoms with van der Waals surface area (Å²) < 4.78 is 6.11. The molecule has 0 unspecified atom stereocenters. The first-order chi connectivity index (χ1) is 19.3. The smallest absolute Gasteiger partial charge is 0.179 e. The number of benzene rings is 4. The Balaban J connectivity index is 1.57. The van der Waals surface area contributed by atoms with E-state index in [4.69, 9.17) is 9.40 Å². The van der Waals surface area contributed by atoms with Crippen LogP contribution in [0.4, 0.5) is 0 Å². The zero-order valence-electron chi connectivity index (χ0n) is 23.2. The van der Waals surface area contributed by atoms with E-state index in [1.54, 1.807) is 6.20 Å². The molecule has 40 heavy (non-hydrogen) atoms. The molecule has 0 spiro atoms. The van der Waals surface area contributed by atoms with Crippen molar-refractivity contribution in [1.82, 2.24) is 9.97 Å². The second kappa shape index (κ2) is 9.89. The van der Waals surface area contributed by atoms with Gasteiger partial charge in [0.2, 0.25) is 0 Å². The Kier molecular flexibility index (Phi) is 6.36. The largest absolute Gasteiger partial charge is 0.453 e. The molecule has 2 heterocycles. The zero-order chi connectivity index (χ0) is 27.9. The third kappa shape index (κ3) is 4.21. The predicted octanol–water partition coefficient (Wildman–Crippen LogP) is 7.09. The molecular weight excluding hydrogens is 504 g/mol. The van der Waals surface area contributed by atoms with Crippen LogP contribution in [0.5, 0.6) is 0 Å². The Bertz CT molecular complexity index is 1820. The van der Waals surface area contributed by atoms with Gasteiger partial charge in [-0.3, -0.25) is 0 Å². The Labute approximate surface area is 236 Å². The summed E-state index contributed by atoms with van der Waals surface area (Å²) in [4.78, 5) is 9.48. The zero-order valence-corrected chi connectivity index (χ0v) is 24.2. The first kappa shape index (κ1) is 25.7. The number of nitrogens with zero attached hydrogens (tertiary/aromatic N) is 2. The molecule has 0 amide bonds. The van der Waals surface area contributed by atoms with E-state index >= 15 is 0 Å². The van der Waals surface area contributed by atoms with E-state index < -0.39 is 8.07 Å². The van der Waals surface area contributed by atoms with E-state index in [0.29, 0.717) is 5.58 Å². The van der Waals surface area contributed by atoms with E-state index in [0.717, 1.165) is 38.6 Å². The Morgan fingerprint density at radius 1 is 0.750 bits per heavy atom. The Morgan fingerprint density at radius 2 is 1.38 bits per heavy atom. The fourth-order valence-electron chi connectivity index (χ4n) is 5.62. The van der Waals surface area contributed by atoms with E-state index in [1.807, 2.05) is 12.1 Å². The average molecular weight is 537 g/mol. The molecule has 6 rings (SSSR count). The molecule has 3 nitrogen and oxygen atoms in total. The third-order valence-electron chi connectivity index (χ3n) is 7.65. The maximum Gasteiger partial charge on any atom is 0.179 e.